The molecular weight excluding hydrogens is 362 g/mol. The predicted molar refractivity (Wildman–Crippen MR) is 92.6 cm³/mol. The van der Waals surface area contributed by atoms with Crippen molar-refractivity contribution in [3.63, 3.8) is 0 Å². The van der Waals surface area contributed by atoms with Crippen molar-refractivity contribution in [2.45, 2.75) is 11.3 Å². The van der Waals surface area contributed by atoms with Gasteiger partial charge in [-0.3, -0.25) is 0 Å². The fourth-order valence-electron chi connectivity index (χ4n) is 2.91. The standard InChI is InChI=1S/C16H23N3O6S/c1-23-16(20)13-8-14(26(21,22)19-3-6-24-7-4-19)15(18-10-13)17-9-12-2-5-25-11-12/h8,10,12H,2-7,9,11H2,1H3,(H,17,18). The Balaban J connectivity index is 1.90. The lowest BCUT2D eigenvalue weighted by Crippen LogP contribution is -2.41. The summed E-state index contributed by atoms with van der Waals surface area (Å²) >= 11 is 0. The van der Waals surface area contributed by atoms with E-state index >= 15 is 0 Å². The molecule has 1 atom stereocenters. The molecule has 2 aliphatic rings. The lowest BCUT2D eigenvalue weighted by Gasteiger charge is -2.27. The third kappa shape index (κ3) is 4.14. The molecule has 10 heteroatoms. The maximum Gasteiger partial charge on any atom is 0.339 e. The first-order valence-corrected chi connectivity index (χ1v) is 9.94. The van der Waals surface area contributed by atoms with E-state index in [1.807, 2.05) is 0 Å². The smallest absolute Gasteiger partial charge is 0.339 e. The first kappa shape index (κ1) is 19.0. The van der Waals surface area contributed by atoms with E-state index in [2.05, 4.69) is 15.0 Å². The van der Waals surface area contributed by atoms with Gasteiger partial charge in [-0.15, -0.1) is 0 Å². The number of methoxy groups -OCH3 is 1. The highest BCUT2D eigenvalue weighted by Gasteiger charge is 2.30. The monoisotopic (exact) mass is 385 g/mol. The number of hydrogen-bond donors (Lipinski definition) is 1. The summed E-state index contributed by atoms with van der Waals surface area (Å²) < 4.78 is 42.8. The van der Waals surface area contributed by atoms with Gasteiger partial charge in [-0.1, -0.05) is 0 Å². The van der Waals surface area contributed by atoms with Gasteiger partial charge in [-0.2, -0.15) is 4.31 Å². The first-order chi connectivity index (χ1) is 12.5. The third-order valence-electron chi connectivity index (χ3n) is 4.44. The van der Waals surface area contributed by atoms with E-state index in [4.69, 9.17) is 9.47 Å². The van der Waals surface area contributed by atoms with Gasteiger partial charge in [0, 0.05) is 38.4 Å². The molecule has 1 aromatic rings. The molecule has 0 saturated carbocycles. The van der Waals surface area contributed by atoms with E-state index in [9.17, 15) is 13.2 Å². The van der Waals surface area contributed by atoms with Crippen molar-refractivity contribution in [1.82, 2.24) is 9.29 Å². The Kier molecular flexibility index (Phi) is 6.07. The minimum atomic E-state index is -3.81. The van der Waals surface area contributed by atoms with Gasteiger partial charge in [0.2, 0.25) is 10.0 Å². The van der Waals surface area contributed by atoms with E-state index in [1.54, 1.807) is 0 Å². The molecule has 9 nitrogen and oxygen atoms in total. The summed E-state index contributed by atoms with van der Waals surface area (Å²) in [7, 11) is -2.57. The highest BCUT2D eigenvalue weighted by atomic mass is 32.2. The summed E-state index contributed by atoms with van der Waals surface area (Å²) in [5.41, 5.74) is 0.0917. The molecule has 144 valence electrons. The normalized spacial score (nSPS) is 21.5. The highest BCUT2D eigenvalue weighted by Crippen LogP contribution is 2.26. The number of anilines is 1. The van der Waals surface area contributed by atoms with Crippen LogP contribution in [0.25, 0.3) is 0 Å². The van der Waals surface area contributed by atoms with Crippen molar-refractivity contribution in [3.8, 4) is 0 Å². The second-order valence-electron chi connectivity index (χ2n) is 6.19. The van der Waals surface area contributed by atoms with Gasteiger partial charge in [0.05, 0.1) is 32.5 Å². The van der Waals surface area contributed by atoms with Crippen LogP contribution in [-0.2, 0) is 24.2 Å². The molecule has 0 aliphatic carbocycles. The van der Waals surface area contributed by atoms with Crippen molar-refractivity contribution < 1.29 is 27.4 Å². The van der Waals surface area contributed by atoms with E-state index in [1.165, 1.54) is 23.7 Å². The van der Waals surface area contributed by atoms with Crippen molar-refractivity contribution in [2.24, 2.45) is 5.92 Å². The van der Waals surface area contributed by atoms with Gasteiger partial charge < -0.3 is 19.5 Å². The Labute approximate surface area is 152 Å². The van der Waals surface area contributed by atoms with Gasteiger partial charge in [-0.05, 0) is 12.5 Å². The van der Waals surface area contributed by atoms with E-state index in [0.29, 0.717) is 38.9 Å². The average molecular weight is 385 g/mol. The molecule has 0 bridgehead atoms. The van der Waals surface area contributed by atoms with Gasteiger partial charge in [0.25, 0.3) is 0 Å². The molecule has 2 saturated heterocycles. The molecule has 2 fully saturated rings. The number of esters is 1. The van der Waals surface area contributed by atoms with Crippen molar-refractivity contribution in [3.05, 3.63) is 17.8 Å². The number of aromatic nitrogens is 1. The molecule has 0 spiro atoms. The molecule has 1 N–H and O–H groups in total. The number of pyridine rings is 1. The highest BCUT2D eigenvalue weighted by molar-refractivity contribution is 7.89. The molecule has 0 amide bonds. The number of carbonyl (C=O) groups excluding carboxylic acids is 1. The van der Waals surface area contributed by atoms with Crippen LogP contribution in [0.4, 0.5) is 5.82 Å². The molecule has 3 heterocycles. The van der Waals surface area contributed by atoms with Gasteiger partial charge in [0.1, 0.15) is 10.7 Å². The van der Waals surface area contributed by atoms with Crippen LogP contribution in [0.1, 0.15) is 16.8 Å². The topological polar surface area (TPSA) is 107 Å². The number of nitrogens with zero attached hydrogens (tertiary/aromatic N) is 2. The van der Waals surface area contributed by atoms with Gasteiger partial charge in [-0.25, -0.2) is 18.2 Å². The van der Waals surface area contributed by atoms with Crippen LogP contribution in [0.2, 0.25) is 0 Å². The van der Waals surface area contributed by atoms with Crippen LogP contribution in [0.15, 0.2) is 17.2 Å². The Morgan fingerprint density at radius 2 is 2.12 bits per heavy atom. The minimum absolute atomic E-state index is 0.0267. The number of sulfonamides is 1. The lowest BCUT2D eigenvalue weighted by atomic mass is 10.1. The third-order valence-corrected chi connectivity index (χ3v) is 6.36. The van der Waals surface area contributed by atoms with Crippen LogP contribution < -0.4 is 5.32 Å². The van der Waals surface area contributed by atoms with Crippen molar-refractivity contribution in [1.29, 1.82) is 0 Å². The zero-order valence-electron chi connectivity index (χ0n) is 14.6. The van der Waals surface area contributed by atoms with Crippen LogP contribution in [0.3, 0.4) is 0 Å². The lowest BCUT2D eigenvalue weighted by molar-refractivity contribution is 0.0600. The predicted octanol–water partition coefficient (Wildman–Crippen LogP) is 0.338. The summed E-state index contributed by atoms with van der Waals surface area (Å²) in [6, 6.07) is 1.32. The SMILES string of the molecule is COC(=O)c1cnc(NCC2CCOC2)c(S(=O)(=O)N2CCOCC2)c1. The van der Waals surface area contributed by atoms with E-state index in [0.717, 1.165) is 6.42 Å². The summed E-state index contributed by atoms with van der Waals surface area (Å²) in [4.78, 5) is 16.0. The molecule has 0 radical (unpaired) electrons. The zero-order chi connectivity index (χ0) is 18.6. The minimum Gasteiger partial charge on any atom is -0.465 e. The molecule has 1 aromatic heterocycles. The van der Waals surface area contributed by atoms with Gasteiger partial charge >= 0.3 is 5.97 Å². The van der Waals surface area contributed by atoms with Crippen molar-refractivity contribution in [2.75, 3.05) is 58.5 Å². The maximum atomic E-state index is 13.1. The first-order valence-electron chi connectivity index (χ1n) is 8.50. The Morgan fingerprint density at radius 1 is 1.35 bits per heavy atom. The van der Waals surface area contributed by atoms with Crippen LogP contribution in [0, 0.1) is 5.92 Å². The van der Waals surface area contributed by atoms with Crippen LogP contribution in [-0.4, -0.2) is 76.8 Å². The maximum absolute atomic E-state index is 13.1. The average Bonchev–Trinajstić information content (AvgIpc) is 3.20. The molecule has 0 aromatic carbocycles. The number of rotatable bonds is 6. The Hall–Kier alpha value is -1.75. The molecule has 1 unspecified atom stereocenters. The summed E-state index contributed by atoms with van der Waals surface area (Å²) in [5.74, 6) is -0.0984. The largest absolute Gasteiger partial charge is 0.465 e. The molecular formula is C16H23N3O6S. The fraction of sp³-hybridized carbons (Fsp3) is 0.625. The number of morpholine rings is 1. The van der Waals surface area contributed by atoms with E-state index < -0.39 is 16.0 Å². The fourth-order valence-corrected chi connectivity index (χ4v) is 4.47. The Morgan fingerprint density at radius 3 is 2.77 bits per heavy atom. The van der Waals surface area contributed by atoms with E-state index in [-0.39, 0.29) is 29.4 Å². The summed E-state index contributed by atoms with van der Waals surface area (Å²) in [6.45, 7) is 3.10. The molecule has 26 heavy (non-hydrogen) atoms. The summed E-state index contributed by atoms with van der Waals surface area (Å²) in [6.07, 6.45) is 2.23. The number of nitrogens with one attached hydrogen (secondary N) is 1. The number of carbonyl (C=O) groups is 1. The Bertz CT molecular complexity index is 742. The molecule has 3 rings (SSSR count). The van der Waals surface area contributed by atoms with Crippen LogP contribution in [0.5, 0.6) is 0 Å². The molecule has 2 aliphatic heterocycles. The van der Waals surface area contributed by atoms with Crippen LogP contribution >= 0.6 is 0 Å². The van der Waals surface area contributed by atoms with Gasteiger partial charge in [0.15, 0.2) is 0 Å². The second kappa shape index (κ2) is 8.30. The quantitative estimate of drug-likeness (QED) is 0.699. The second-order valence-corrected chi connectivity index (χ2v) is 8.10. The number of ether oxygens (including phenoxy) is 3. The van der Waals surface area contributed by atoms with Crippen molar-refractivity contribution >= 4 is 21.8 Å². The summed E-state index contributed by atoms with van der Waals surface area (Å²) in [5, 5.41) is 3.10. The zero-order valence-corrected chi connectivity index (χ0v) is 15.5. The number of hydrogen-bond acceptors (Lipinski definition) is 8.